The van der Waals surface area contributed by atoms with Crippen molar-refractivity contribution in [1.82, 2.24) is 4.90 Å². The van der Waals surface area contributed by atoms with Gasteiger partial charge in [0.05, 0.1) is 18.8 Å². The molecule has 22 heavy (non-hydrogen) atoms. The van der Waals surface area contributed by atoms with Gasteiger partial charge in [-0.3, -0.25) is 4.79 Å². The zero-order valence-corrected chi connectivity index (χ0v) is 11.8. The van der Waals surface area contributed by atoms with Gasteiger partial charge in [0.1, 0.15) is 11.6 Å². The Kier molecular flexibility index (Phi) is 5.11. The third-order valence-corrected chi connectivity index (χ3v) is 3.09. The van der Waals surface area contributed by atoms with Crippen LogP contribution < -0.4 is 5.32 Å². The van der Waals surface area contributed by atoms with Crippen LogP contribution in [-0.4, -0.2) is 48.2 Å². The molecule has 0 radical (unpaired) electrons. The summed E-state index contributed by atoms with van der Waals surface area (Å²) < 4.78 is 5.20. The molecule has 1 aromatic carbocycles. The number of ether oxygens (including phenoxy) is 1. The summed E-state index contributed by atoms with van der Waals surface area (Å²) in [5, 5.41) is 20.6. The van der Waals surface area contributed by atoms with Gasteiger partial charge in [-0.1, -0.05) is 6.07 Å². The van der Waals surface area contributed by atoms with Crippen molar-refractivity contribution in [2.24, 2.45) is 0 Å². The number of anilines is 1. The molecule has 0 unspecified atom stereocenters. The van der Waals surface area contributed by atoms with E-state index in [-0.39, 0.29) is 11.1 Å². The van der Waals surface area contributed by atoms with E-state index in [1.54, 1.807) is 6.07 Å². The fourth-order valence-electron chi connectivity index (χ4n) is 1.96. The number of amides is 1. The van der Waals surface area contributed by atoms with Crippen molar-refractivity contribution in [2.75, 3.05) is 31.6 Å². The maximum Gasteiger partial charge on any atom is 0.335 e. The lowest BCUT2D eigenvalue weighted by atomic mass is 10.2. The number of carbonyl (C=O) groups excluding carboxylic acids is 1. The lowest BCUT2D eigenvalue weighted by Gasteiger charge is -2.25. The Morgan fingerprint density at radius 3 is 2.73 bits per heavy atom. The molecule has 7 nitrogen and oxygen atoms in total. The van der Waals surface area contributed by atoms with Crippen LogP contribution >= 0.6 is 0 Å². The summed E-state index contributed by atoms with van der Waals surface area (Å²) in [6.07, 6.45) is 1.50. The minimum absolute atomic E-state index is 0.0392. The average Bonchev–Trinajstić information content (AvgIpc) is 2.53. The molecule has 0 aromatic heterocycles. The molecule has 7 heteroatoms. The second-order valence-electron chi connectivity index (χ2n) is 4.64. The number of hydrogen-bond acceptors (Lipinski definition) is 5. The van der Waals surface area contributed by atoms with Gasteiger partial charge in [-0.25, -0.2) is 4.79 Å². The number of morpholine rings is 1. The van der Waals surface area contributed by atoms with Crippen molar-refractivity contribution in [2.45, 2.75) is 0 Å². The Hall–Kier alpha value is -2.85. The lowest BCUT2D eigenvalue weighted by molar-refractivity contribution is -0.112. The topological polar surface area (TPSA) is 103 Å². The second-order valence-corrected chi connectivity index (χ2v) is 4.64. The van der Waals surface area contributed by atoms with Gasteiger partial charge in [0.15, 0.2) is 0 Å². The molecule has 1 aromatic rings. The third kappa shape index (κ3) is 4.07. The van der Waals surface area contributed by atoms with Crippen molar-refractivity contribution in [3.05, 3.63) is 41.6 Å². The quantitative estimate of drug-likeness (QED) is 0.637. The smallest absolute Gasteiger partial charge is 0.335 e. The van der Waals surface area contributed by atoms with Crippen LogP contribution in [0, 0.1) is 11.3 Å². The number of nitrogens with zero attached hydrogens (tertiary/aromatic N) is 2. The highest BCUT2D eigenvalue weighted by Crippen LogP contribution is 2.12. The molecule has 0 saturated carbocycles. The van der Waals surface area contributed by atoms with E-state index in [1.165, 1.54) is 24.4 Å². The zero-order chi connectivity index (χ0) is 15.9. The third-order valence-electron chi connectivity index (χ3n) is 3.09. The molecule has 1 aliphatic heterocycles. The Morgan fingerprint density at radius 1 is 1.36 bits per heavy atom. The predicted octanol–water partition coefficient (Wildman–Crippen LogP) is 1.06. The van der Waals surface area contributed by atoms with Crippen LogP contribution in [0.3, 0.4) is 0 Å². The average molecular weight is 301 g/mol. The van der Waals surface area contributed by atoms with Crippen LogP contribution in [0.25, 0.3) is 0 Å². The van der Waals surface area contributed by atoms with Crippen LogP contribution in [-0.2, 0) is 9.53 Å². The van der Waals surface area contributed by atoms with Crippen LogP contribution in [0.2, 0.25) is 0 Å². The maximum atomic E-state index is 12.1. The van der Waals surface area contributed by atoms with Crippen LogP contribution in [0.4, 0.5) is 5.69 Å². The van der Waals surface area contributed by atoms with E-state index in [4.69, 9.17) is 15.1 Å². The molecular weight excluding hydrogens is 286 g/mol. The lowest BCUT2D eigenvalue weighted by Crippen LogP contribution is -2.33. The van der Waals surface area contributed by atoms with E-state index >= 15 is 0 Å². The standard InChI is InChI=1S/C15H15N3O4/c16-9-12(10-18-4-6-22-7-5-18)14(19)17-13-3-1-2-11(8-13)15(20)21/h1-3,8,10H,4-7H2,(H,17,19)(H,20,21)/b12-10-. The first-order valence-corrected chi connectivity index (χ1v) is 6.68. The van der Waals surface area contributed by atoms with E-state index in [2.05, 4.69) is 5.32 Å². The first-order valence-electron chi connectivity index (χ1n) is 6.68. The fraction of sp³-hybridized carbons (Fsp3) is 0.267. The molecule has 2 rings (SSSR count). The van der Waals surface area contributed by atoms with Gasteiger partial charge in [-0.15, -0.1) is 0 Å². The molecule has 1 saturated heterocycles. The van der Waals surface area contributed by atoms with Crippen LogP contribution in [0.15, 0.2) is 36.0 Å². The van der Waals surface area contributed by atoms with Gasteiger partial charge in [-0.05, 0) is 18.2 Å². The molecular formula is C15H15N3O4. The summed E-state index contributed by atoms with van der Waals surface area (Å²) in [6, 6.07) is 7.71. The minimum atomic E-state index is -1.08. The summed E-state index contributed by atoms with van der Waals surface area (Å²) in [5.74, 6) is -1.66. The Bertz CT molecular complexity index is 642. The number of benzene rings is 1. The monoisotopic (exact) mass is 301 g/mol. The Balaban J connectivity index is 2.09. The normalized spacial score (nSPS) is 15.0. The molecule has 0 aliphatic carbocycles. The van der Waals surface area contributed by atoms with E-state index < -0.39 is 11.9 Å². The van der Waals surface area contributed by atoms with Gasteiger partial charge >= 0.3 is 5.97 Å². The van der Waals surface area contributed by atoms with Crippen LogP contribution in [0.5, 0.6) is 0 Å². The number of rotatable bonds is 4. The van der Waals surface area contributed by atoms with Gasteiger partial charge in [-0.2, -0.15) is 5.26 Å². The molecule has 1 heterocycles. The number of nitrogens with one attached hydrogen (secondary N) is 1. The summed E-state index contributed by atoms with van der Waals surface area (Å²) in [4.78, 5) is 24.8. The zero-order valence-electron chi connectivity index (χ0n) is 11.8. The van der Waals surface area contributed by atoms with Gasteiger partial charge < -0.3 is 20.1 Å². The number of carboxylic acid groups (broad SMARTS) is 1. The number of nitriles is 1. The number of aromatic carboxylic acids is 1. The summed E-state index contributed by atoms with van der Waals surface area (Å²) in [6.45, 7) is 2.34. The van der Waals surface area contributed by atoms with Gasteiger partial charge in [0.25, 0.3) is 5.91 Å². The molecule has 2 N–H and O–H groups in total. The fourth-order valence-corrected chi connectivity index (χ4v) is 1.96. The summed E-state index contributed by atoms with van der Waals surface area (Å²) in [5.41, 5.74) is 0.351. The number of carbonyl (C=O) groups is 2. The van der Waals surface area contributed by atoms with Crippen molar-refractivity contribution in [3.63, 3.8) is 0 Å². The van der Waals surface area contributed by atoms with Gasteiger partial charge in [0, 0.05) is 25.0 Å². The second kappa shape index (κ2) is 7.24. The molecule has 0 spiro atoms. The number of carboxylic acids is 1. The Labute approximate surface area is 127 Å². The SMILES string of the molecule is N#C/C(=C/N1CCOCC1)C(=O)Nc1cccc(C(=O)O)c1. The van der Waals surface area contributed by atoms with Crippen molar-refractivity contribution in [1.29, 1.82) is 5.26 Å². The Morgan fingerprint density at radius 2 is 2.09 bits per heavy atom. The minimum Gasteiger partial charge on any atom is -0.478 e. The first kappa shape index (κ1) is 15.5. The van der Waals surface area contributed by atoms with E-state index in [0.717, 1.165) is 0 Å². The maximum absolute atomic E-state index is 12.1. The molecule has 1 amide bonds. The highest BCUT2D eigenvalue weighted by Gasteiger charge is 2.14. The predicted molar refractivity (Wildman–Crippen MR) is 78.1 cm³/mol. The highest BCUT2D eigenvalue weighted by atomic mass is 16.5. The van der Waals surface area contributed by atoms with E-state index in [1.807, 2.05) is 11.0 Å². The largest absolute Gasteiger partial charge is 0.478 e. The van der Waals surface area contributed by atoms with Crippen LogP contribution in [0.1, 0.15) is 10.4 Å². The summed E-state index contributed by atoms with van der Waals surface area (Å²) >= 11 is 0. The van der Waals surface area contributed by atoms with Crippen molar-refractivity contribution < 1.29 is 19.4 Å². The van der Waals surface area contributed by atoms with Crippen molar-refractivity contribution >= 4 is 17.6 Å². The van der Waals surface area contributed by atoms with Gasteiger partial charge in [0.2, 0.25) is 0 Å². The highest BCUT2D eigenvalue weighted by molar-refractivity contribution is 6.06. The molecule has 1 aliphatic rings. The van der Waals surface area contributed by atoms with E-state index in [0.29, 0.717) is 32.0 Å². The molecule has 1 fully saturated rings. The summed E-state index contributed by atoms with van der Waals surface area (Å²) in [7, 11) is 0. The van der Waals surface area contributed by atoms with E-state index in [9.17, 15) is 9.59 Å². The van der Waals surface area contributed by atoms with Crippen molar-refractivity contribution in [3.8, 4) is 6.07 Å². The first-order chi connectivity index (χ1) is 10.6. The molecule has 0 atom stereocenters. The number of hydrogen-bond donors (Lipinski definition) is 2. The molecule has 114 valence electrons. The molecule has 0 bridgehead atoms.